The van der Waals surface area contributed by atoms with Crippen molar-refractivity contribution in [3.63, 3.8) is 0 Å². The van der Waals surface area contributed by atoms with Gasteiger partial charge in [-0.05, 0) is 54.5 Å². The molecule has 0 bridgehead atoms. The van der Waals surface area contributed by atoms with Gasteiger partial charge in [0.25, 0.3) is 0 Å². The summed E-state index contributed by atoms with van der Waals surface area (Å²) in [6.45, 7) is 9.16. The number of rotatable bonds is 3. The molecule has 1 aliphatic rings. The van der Waals surface area contributed by atoms with Crippen LogP contribution in [0.4, 0.5) is 0 Å². The molecule has 0 N–H and O–H groups in total. The van der Waals surface area contributed by atoms with E-state index in [1.807, 2.05) is 53.9 Å². The minimum Gasteiger partial charge on any atom is -0.286 e. The van der Waals surface area contributed by atoms with Gasteiger partial charge in [0.1, 0.15) is 5.82 Å². The number of hydrogen-bond donors (Lipinski definition) is 0. The van der Waals surface area contributed by atoms with Gasteiger partial charge >= 0.3 is 0 Å². The van der Waals surface area contributed by atoms with Crippen molar-refractivity contribution in [1.82, 2.24) is 18.9 Å². The van der Waals surface area contributed by atoms with Crippen molar-refractivity contribution in [2.75, 3.05) is 13.1 Å². The predicted octanol–water partition coefficient (Wildman–Crippen LogP) is 3.90. The Morgan fingerprint density at radius 3 is 2.45 bits per heavy atom. The summed E-state index contributed by atoms with van der Waals surface area (Å²) in [5.74, 6) is 1.13. The molecule has 1 aliphatic heterocycles. The summed E-state index contributed by atoms with van der Waals surface area (Å²) in [5, 5.41) is 8.60. The first kappa shape index (κ1) is 20.0. The van der Waals surface area contributed by atoms with E-state index in [0.29, 0.717) is 18.0 Å². The van der Waals surface area contributed by atoms with Gasteiger partial charge < -0.3 is 0 Å². The van der Waals surface area contributed by atoms with Crippen LogP contribution in [0.25, 0.3) is 5.65 Å². The molecule has 1 fully saturated rings. The number of pyridine rings is 1. The van der Waals surface area contributed by atoms with Crippen molar-refractivity contribution in [3.8, 4) is 0 Å². The molecule has 3 aromatic rings. The van der Waals surface area contributed by atoms with Crippen molar-refractivity contribution in [3.05, 3.63) is 59.5 Å². The summed E-state index contributed by atoms with van der Waals surface area (Å²) < 4.78 is 30.4. The predicted molar refractivity (Wildman–Crippen MR) is 114 cm³/mol. The van der Waals surface area contributed by atoms with Crippen molar-refractivity contribution in [2.24, 2.45) is 0 Å². The second kappa shape index (κ2) is 7.22. The van der Waals surface area contributed by atoms with E-state index in [2.05, 4.69) is 31.0 Å². The van der Waals surface area contributed by atoms with E-state index in [-0.39, 0.29) is 11.3 Å². The molecule has 1 saturated heterocycles. The molecule has 0 aliphatic carbocycles. The Hall–Kier alpha value is -2.25. The van der Waals surface area contributed by atoms with Crippen LogP contribution in [0.3, 0.4) is 0 Å². The fraction of sp³-hybridized carbons (Fsp3) is 0.455. The van der Waals surface area contributed by atoms with Crippen molar-refractivity contribution < 1.29 is 8.42 Å². The number of aryl methyl sites for hydroxylation is 1. The highest BCUT2D eigenvalue weighted by Crippen LogP contribution is 2.32. The molecule has 0 radical (unpaired) electrons. The number of nitrogens with zero attached hydrogens (tertiary/aromatic N) is 4. The van der Waals surface area contributed by atoms with E-state index in [4.69, 9.17) is 0 Å². The minimum atomic E-state index is -3.52. The molecule has 0 unspecified atom stereocenters. The summed E-state index contributed by atoms with van der Waals surface area (Å²) in [7, 11) is -3.52. The molecular weight excluding hydrogens is 384 g/mol. The first-order chi connectivity index (χ1) is 13.7. The third-order valence-electron chi connectivity index (χ3n) is 5.83. The number of piperidine rings is 1. The fourth-order valence-corrected chi connectivity index (χ4v) is 5.70. The largest absolute Gasteiger partial charge is 0.286 e. The lowest BCUT2D eigenvalue weighted by molar-refractivity contribution is 0.312. The highest BCUT2D eigenvalue weighted by molar-refractivity contribution is 7.89. The van der Waals surface area contributed by atoms with Gasteiger partial charge in [-0.25, -0.2) is 8.42 Å². The zero-order valence-electron chi connectivity index (χ0n) is 17.5. The van der Waals surface area contributed by atoms with Crippen molar-refractivity contribution in [2.45, 2.75) is 56.8 Å². The van der Waals surface area contributed by atoms with Gasteiger partial charge in [-0.3, -0.25) is 4.40 Å². The molecule has 29 heavy (non-hydrogen) atoms. The van der Waals surface area contributed by atoms with E-state index in [1.165, 1.54) is 0 Å². The Labute approximate surface area is 172 Å². The summed E-state index contributed by atoms with van der Waals surface area (Å²) >= 11 is 0. The van der Waals surface area contributed by atoms with E-state index in [1.54, 1.807) is 4.31 Å². The monoisotopic (exact) mass is 412 g/mol. The van der Waals surface area contributed by atoms with Crippen LogP contribution in [0.1, 0.15) is 56.5 Å². The minimum absolute atomic E-state index is 0.0975. The quantitative estimate of drug-likeness (QED) is 0.654. The Bertz CT molecular complexity index is 1140. The van der Waals surface area contributed by atoms with Crippen LogP contribution in [-0.4, -0.2) is 40.4 Å². The lowest BCUT2D eigenvalue weighted by atomic mass is 9.87. The normalized spacial score (nSPS) is 17.1. The molecule has 2 aromatic heterocycles. The van der Waals surface area contributed by atoms with Gasteiger partial charge in [0.05, 0.1) is 4.90 Å². The molecule has 6 nitrogen and oxygen atoms in total. The maximum atomic E-state index is 13.4. The number of sulfonamides is 1. The number of fused-ring (bicyclic) bond motifs is 1. The first-order valence-electron chi connectivity index (χ1n) is 10.1. The number of aromatic nitrogens is 3. The second-order valence-corrected chi connectivity index (χ2v) is 10.8. The van der Waals surface area contributed by atoms with Crippen LogP contribution in [0.5, 0.6) is 0 Å². The zero-order chi connectivity index (χ0) is 20.8. The molecule has 0 amide bonds. The lowest BCUT2D eigenvalue weighted by Gasteiger charge is -2.31. The van der Waals surface area contributed by atoms with Gasteiger partial charge in [-0.1, -0.05) is 39.0 Å². The SMILES string of the molecule is Cc1ccc(C(C)(C)C)cc1S(=O)(=O)N1CCC(c2nnc3ccccn23)CC1. The zero-order valence-corrected chi connectivity index (χ0v) is 18.3. The van der Waals surface area contributed by atoms with Crippen LogP contribution >= 0.6 is 0 Å². The molecule has 0 atom stereocenters. The van der Waals surface area contributed by atoms with E-state index >= 15 is 0 Å². The van der Waals surface area contributed by atoms with Gasteiger partial charge in [0, 0.05) is 25.2 Å². The van der Waals surface area contributed by atoms with E-state index in [0.717, 1.165) is 35.4 Å². The summed E-state index contributed by atoms with van der Waals surface area (Å²) in [5.41, 5.74) is 2.56. The second-order valence-electron chi connectivity index (χ2n) is 8.90. The van der Waals surface area contributed by atoms with Gasteiger partial charge in [-0.2, -0.15) is 4.31 Å². The maximum Gasteiger partial charge on any atom is 0.243 e. The van der Waals surface area contributed by atoms with Crippen molar-refractivity contribution >= 4 is 15.7 Å². The van der Waals surface area contributed by atoms with Crippen LogP contribution in [0.15, 0.2) is 47.5 Å². The molecule has 4 rings (SSSR count). The summed E-state index contributed by atoms with van der Waals surface area (Å²) in [4.78, 5) is 0.427. The van der Waals surface area contributed by atoms with Gasteiger partial charge in [0.15, 0.2) is 5.65 Å². The molecule has 1 aromatic carbocycles. The summed E-state index contributed by atoms with van der Waals surface area (Å²) in [6, 6.07) is 11.6. The molecular formula is C22H28N4O2S. The molecule has 0 saturated carbocycles. The first-order valence-corrected chi connectivity index (χ1v) is 11.5. The third-order valence-corrected chi connectivity index (χ3v) is 7.87. The van der Waals surface area contributed by atoms with Crippen LogP contribution in [0, 0.1) is 6.92 Å². The maximum absolute atomic E-state index is 13.4. The average Bonchev–Trinajstić information content (AvgIpc) is 3.11. The topological polar surface area (TPSA) is 67.6 Å². The smallest absolute Gasteiger partial charge is 0.243 e. The Morgan fingerprint density at radius 1 is 1.03 bits per heavy atom. The van der Waals surface area contributed by atoms with Crippen LogP contribution in [0.2, 0.25) is 0 Å². The Morgan fingerprint density at radius 2 is 1.76 bits per heavy atom. The van der Waals surface area contributed by atoms with E-state index < -0.39 is 10.0 Å². The van der Waals surface area contributed by atoms with Crippen molar-refractivity contribution in [1.29, 1.82) is 0 Å². The average molecular weight is 413 g/mol. The van der Waals surface area contributed by atoms with Crippen LogP contribution in [-0.2, 0) is 15.4 Å². The molecule has 154 valence electrons. The number of hydrogen-bond acceptors (Lipinski definition) is 4. The lowest BCUT2D eigenvalue weighted by Crippen LogP contribution is -2.38. The summed E-state index contributed by atoms with van der Waals surface area (Å²) in [6.07, 6.45) is 3.45. The molecule has 7 heteroatoms. The fourth-order valence-electron chi connectivity index (χ4n) is 3.98. The van der Waals surface area contributed by atoms with Gasteiger partial charge in [-0.15, -0.1) is 10.2 Å². The number of benzene rings is 1. The van der Waals surface area contributed by atoms with E-state index in [9.17, 15) is 8.42 Å². The van der Waals surface area contributed by atoms with Crippen LogP contribution < -0.4 is 0 Å². The Kier molecular flexibility index (Phi) is 4.99. The Balaban J connectivity index is 1.57. The molecule has 0 spiro atoms. The third kappa shape index (κ3) is 3.69. The highest BCUT2D eigenvalue weighted by Gasteiger charge is 2.33. The molecule has 3 heterocycles. The van der Waals surface area contributed by atoms with Gasteiger partial charge in [0.2, 0.25) is 10.0 Å². The highest BCUT2D eigenvalue weighted by atomic mass is 32.2. The standard InChI is InChI=1S/C22H28N4O2S/c1-16-8-9-18(22(2,3)4)15-19(16)29(27,28)25-13-10-17(11-14-25)21-24-23-20-7-5-6-12-26(20)21/h5-9,12,15,17H,10-11,13-14H2,1-4H3.